The number of likely N-dealkylation sites (N-methyl/N-ethyl adjacent to an activating group) is 1. The molecule has 0 spiro atoms. The van der Waals surface area contributed by atoms with Crippen molar-refractivity contribution < 1.29 is 0 Å². The van der Waals surface area contributed by atoms with Crippen LogP contribution in [0.4, 0.5) is 0 Å². The van der Waals surface area contributed by atoms with Crippen molar-refractivity contribution in [3.05, 3.63) is 11.6 Å². The van der Waals surface area contributed by atoms with Crippen molar-refractivity contribution in [2.45, 2.75) is 51.1 Å². The number of fused-ring (bicyclic) bond motifs is 1. The van der Waals surface area contributed by atoms with Gasteiger partial charge in [0, 0.05) is 31.5 Å². The Morgan fingerprint density at radius 3 is 3.06 bits per heavy atom. The molecular formula is C13H23N5. The van der Waals surface area contributed by atoms with Gasteiger partial charge in [0.15, 0.2) is 5.82 Å². The topological polar surface area (TPSA) is 60.0 Å². The number of aryl methyl sites for hydroxylation is 1. The number of rotatable bonds is 2. The van der Waals surface area contributed by atoms with Gasteiger partial charge < -0.3 is 10.6 Å². The van der Waals surface area contributed by atoms with E-state index in [4.69, 9.17) is 15.8 Å². The van der Waals surface area contributed by atoms with Crippen molar-refractivity contribution in [2.24, 2.45) is 5.73 Å². The molecule has 3 rings (SSSR count). The Morgan fingerprint density at radius 1 is 1.33 bits per heavy atom. The van der Waals surface area contributed by atoms with Gasteiger partial charge >= 0.3 is 0 Å². The van der Waals surface area contributed by atoms with E-state index in [0.29, 0.717) is 5.92 Å². The molecule has 5 nitrogen and oxygen atoms in total. The van der Waals surface area contributed by atoms with Crippen LogP contribution >= 0.6 is 0 Å². The maximum Gasteiger partial charge on any atom is 0.155 e. The van der Waals surface area contributed by atoms with E-state index >= 15 is 0 Å². The summed E-state index contributed by atoms with van der Waals surface area (Å²) < 4.78 is 2.07. The normalized spacial score (nSPS) is 29.2. The first-order chi connectivity index (χ1) is 8.76. The fraction of sp³-hybridized carbons (Fsp3) is 0.846. The van der Waals surface area contributed by atoms with Crippen LogP contribution in [0.3, 0.4) is 0 Å². The second-order valence-electron chi connectivity index (χ2n) is 5.59. The first kappa shape index (κ1) is 12.1. The van der Waals surface area contributed by atoms with Gasteiger partial charge in [-0.1, -0.05) is 6.92 Å². The maximum atomic E-state index is 5.99. The van der Waals surface area contributed by atoms with Gasteiger partial charge in [-0.05, 0) is 32.4 Å². The first-order valence-electron chi connectivity index (χ1n) is 7.18. The maximum absolute atomic E-state index is 5.99. The van der Waals surface area contributed by atoms with Gasteiger partial charge in [0.1, 0.15) is 5.82 Å². The number of nitrogens with two attached hydrogens (primary N) is 1. The summed E-state index contributed by atoms with van der Waals surface area (Å²) in [5.74, 6) is 2.67. The first-order valence-corrected chi connectivity index (χ1v) is 7.18. The quantitative estimate of drug-likeness (QED) is 0.840. The molecule has 1 aromatic rings. The highest BCUT2D eigenvalue weighted by Gasteiger charge is 2.26. The Bertz CT molecular complexity index is 414. The van der Waals surface area contributed by atoms with E-state index in [0.717, 1.165) is 44.1 Å². The minimum absolute atomic E-state index is 0.271. The van der Waals surface area contributed by atoms with Crippen molar-refractivity contribution in [1.29, 1.82) is 0 Å². The van der Waals surface area contributed by atoms with Crippen LogP contribution in [0.1, 0.15) is 43.8 Å². The molecule has 2 unspecified atom stereocenters. The monoisotopic (exact) mass is 249 g/mol. The minimum atomic E-state index is 0.271. The number of aromatic nitrogens is 3. The minimum Gasteiger partial charge on any atom is -0.327 e. The predicted molar refractivity (Wildman–Crippen MR) is 70.4 cm³/mol. The molecule has 2 aliphatic rings. The summed E-state index contributed by atoms with van der Waals surface area (Å²) in [6.07, 6.45) is 4.41. The zero-order valence-corrected chi connectivity index (χ0v) is 11.2. The van der Waals surface area contributed by atoms with Crippen LogP contribution in [0.25, 0.3) is 0 Å². The lowest BCUT2D eigenvalue weighted by Gasteiger charge is -2.30. The van der Waals surface area contributed by atoms with E-state index < -0.39 is 0 Å². The van der Waals surface area contributed by atoms with E-state index in [1.165, 1.54) is 19.4 Å². The fourth-order valence-electron chi connectivity index (χ4n) is 3.07. The SMILES string of the molecule is CCN1CCCC(c2nc3n(n2)CCC(N)C3)C1. The molecule has 100 valence electrons. The van der Waals surface area contributed by atoms with Gasteiger partial charge in [-0.3, -0.25) is 0 Å². The highest BCUT2D eigenvalue weighted by atomic mass is 15.4. The van der Waals surface area contributed by atoms with Gasteiger partial charge in [-0.2, -0.15) is 5.10 Å². The van der Waals surface area contributed by atoms with Crippen LogP contribution in [0.2, 0.25) is 0 Å². The van der Waals surface area contributed by atoms with E-state index in [9.17, 15) is 0 Å². The van der Waals surface area contributed by atoms with Crippen LogP contribution in [-0.4, -0.2) is 45.3 Å². The molecule has 0 saturated carbocycles. The van der Waals surface area contributed by atoms with Crippen LogP contribution < -0.4 is 5.73 Å². The third-order valence-electron chi connectivity index (χ3n) is 4.24. The molecule has 1 saturated heterocycles. The number of piperidine rings is 1. The number of nitrogens with zero attached hydrogens (tertiary/aromatic N) is 4. The third-order valence-corrected chi connectivity index (χ3v) is 4.24. The van der Waals surface area contributed by atoms with Crippen molar-refractivity contribution in [2.75, 3.05) is 19.6 Å². The molecule has 1 aromatic heterocycles. The molecule has 5 heteroatoms. The Balaban J connectivity index is 1.76. The van der Waals surface area contributed by atoms with E-state index in [-0.39, 0.29) is 6.04 Å². The lowest BCUT2D eigenvalue weighted by Crippen LogP contribution is -2.34. The van der Waals surface area contributed by atoms with Crippen molar-refractivity contribution in [3.63, 3.8) is 0 Å². The lowest BCUT2D eigenvalue weighted by molar-refractivity contribution is 0.213. The number of likely N-dealkylation sites (tertiary alicyclic amines) is 1. The lowest BCUT2D eigenvalue weighted by atomic mass is 9.97. The van der Waals surface area contributed by atoms with Crippen molar-refractivity contribution in [3.8, 4) is 0 Å². The van der Waals surface area contributed by atoms with Crippen molar-refractivity contribution in [1.82, 2.24) is 19.7 Å². The van der Waals surface area contributed by atoms with Crippen LogP contribution in [0.15, 0.2) is 0 Å². The van der Waals surface area contributed by atoms with Crippen LogP contribution in [-0.2, 0) is 13.0 Å². The third kappa shape index (κ3) is 2.29. The summed E-state index contributed by atoms with van der Waals surface area (Å²) in [6, 6.07) is 0.271. The molecule has 1 fully saturated rings. The van der Waals surface area contributed by atoms with Crippen molar-refractivity contribution >= 4 is 0 Å². The summed E-state index contributed by atoms with van der Waals surface area (Å²) >= 11 is 0. The van der Waals surface area contributed by atoms with Gasteiger partial charge in [0.05, 0.1) is 0 Å². The molecule has 2 N–H and O–H groups in total. The second-order valence-corrected chi connectivity index (χ2v) is 5.59. The Hall–Kier alpha value is -0.940. The molecule has 0 aromatic carbocycles. The van der Waals surface area contributed by atoms with Gasteiger partial charge in [-0.25, -0.2) is 9.67 Å². The van der Waals surface area contributed by atoms with Gasteiger partial charge in [-0.15, -0.1) is 0 Å². The Kier molecular flexibility index (Phi) is 3.35. The van der Waals surface area contributed by atoms with Crippen LogP contribution in [0.5, 0.6) is 0 Å². The summed E-state index contributed by atoms with van der Waals surface area (Å²) in [4.78, 5) is 7.24. The van der Waals surface area contributed by atoms with E-state index in [1.54, 1.807) is 0 Å². The number of hydrogen-bond acceptors (Lipinski definition) is 4. The smallest absolute Gasteiger partial charge is 0.155 e. The molecule has 0 bridgehead atoms. The predicted octanol–water partition coefficient (Wildman–Crippen LogP) is 0.751. The average molecular weight is 249 g/mol. The zero-order chi connectivity index (χ0) is 12.5. The highest BCUT2D eigenvalue weighted by molar-refractivity contribution is 5.04. The van der Waals surface area contributed by atoms with E-state index in [2.05, 4.69) is 16.5 Å². The number of hydrogen-bond donors (Lipinski definition) is 1. The molecule has 3 heterocycles. The Labute approximate surface area is 108 Å². The van der Waals surface area contributed by atoms with Gasteiger partial charge in [0.25, 0.3) is 0 Å². The summed E-state index contributed by atoms with van der Waals surface area (Å²) in [6.45, 7) is 6.65. The standard InChI is InChI=1S/C13H23N5/c1-2-17-6-3-4-10(9-17)13-15-12-8-11(14)5-7-18(12)16-13/h10-11H,2-9,14H2,1H3. The van der Waals surface area contributed by atoms with Crippen LogP contribution in [0, 0.1) is 0 Å². The molecular weight excluding hydrogens is 226 g/mol. The second kappa shape index (κ2) is 4.97. The highest BCUT2D eigenvalue weighted by Crippen LogP contribution is 2.25. The molecule has 18 heavy (non-hydrogen) atoms. The summed E-state index contributed by atoms with van der Waals surface area (Å²) in [5, 5.41) is 4.70. The molecule has 2 aliphatic heterocycles. The molecule has 0 amide bonds. The molecule has 2 atom stereocenters. The van der Waals surface area contributed by atoms with Gasteiger partial charge in [0.2, 0.25) is 0 Å². The summed E-state index contributed by atoms with van der Waals surface area (Å²) in [7, 11) is 0. The fourth-order valence-corrected chi connectivity index (χ4v) is 3.07. The molecule has 0 aliphatic carbocycles. The Morgan fingerprint density at radius 2 is 2.22 bits per heavy atom. The van der Waals surface area contributed by atoms with E-state index in [1.807, 2.05) is 0 Å². The molecule has 0 radical (unpaired) electrons. The average Bonchev–Trinajstić information content (AvgIpc) is 2.81. The summed E-state index contributed by atoms with van der Waals surface area (Å²) in [5.41, 5.74) is 5.99. The zero-order valence-electron chi connectivity index (χ0n) is 11.2. The largest absolute Gasteiger partial charge is 0.327 e.